The number of carbonyl (C=O) groups excluding carboxylic acids is 1. The molecule has 0 aliphatic carbocycles. The normalized spacial score (nSPS) is 11.1. The molecule has 0 fully saturated rings. The van der Waals surface area contributed by atoms with Crippen LogP contribution in [0, 0.1) is 22.5 Å². The number of thiazole rings is 1. The Hall–Kier alpha value is -2.89. The summed E-state index contributed by atoms with van der Waals surface area (Å²) >= 11 is 7.56. The van der Waals surface area contributed by atoms with Crippen molar-refractivity contribution in [2.75, 3.05) is 11.1 Å². The quantitative estimate of drug-likeness (QED) is 0.245. The van der Waals surface area contributed by atoms with Gasteiger partial charge in [-0.25, -0.2) is 13.8 Å². The van der Waals surface area contributed by atoms with E-state index in [4.69, 9.17) is 12.2 Å². The van der Waals surface area contributed by atoms with Crippen molar-refractivity contribution in [1.82, 2.24) is 14.5 Å². The van der Waals surface area contributed by atoms with Gasteiger partial charge in [-0.05, 0) is 43.4 Å². The lowest BCUT2D eigenvalue weighted by molar-refractivity contribution is -0.113. The molecule has 6 nitrogen and oxygen atoms in total. The Labute approximate surface area is 188 Å². The van der Waals surface area contributed by atoms with Crippen LogP contribution in [0.4, 0.5) is 14.5 Å². The molecule has 0 unspecified atom stereocenters. The molecule has 0 saturated heterocycles. The minimum Gasteiger partial charge on any atom is -0.323 e. The Bertz CT molecular complexity index is 1410. The molecule has 4 aromatic rings. The second-order valence-corrected chi connectivity index (χ2v) is 9.13. The molecular formula is C20H14F2N4O2S3. The van der Waals surface area contributed by atoms with Gasteiger partial charge in [0.25, 0.3) is 5.56 Å². The summed E-state index contributed by atoms with van der Waals surface area (Å²) in [6.07, 6.45) is 0. The monoisotopic (exact) mass is 476 g/mol. The van der Waals surface area contributed by atoms with Crippen molar-refractivity contribution in [3.8, 4) is 5.69 Å². The Morgan fingerprint density at radius 1 is 1.26 bits per heavy atom. The molecule has 31 heavy (non-hydrogen) atoms. The van der Waals surface area contributed by atoms with Gasteiger partial charge in [0.15, 0.2) is 14.8 Å². The molecule has 0 saturated carbocycles. The molecule has 158 valence electrons. The van der Waals surface area contributed by atoms with Crippen molar-refractivity contribution >= 4 is 57.3 Å². The molecule has 2 aromatic carbocycles. The van der Waals surface area contributed by atoms with E-state index in [2.05, 4.69) is 15.3 Å². The first kappa shape index (κ1) is 21.3. The number of aromatic amines is 1. The highest BCUT2D eigenvalue weighted by molar-refractivity contribution is 7.99. The minimum atomic E-state index is -0.873. The number of hydrogen-bond acceptors (Lipinski definition) is 6. The molecule has 11 heteroatoms. The van der Waals surface area contributed by atoms with E-state index in [1.54, 1.807) is 4.57 Å². The maximum atomic E-state index is 13.7. The lowest BCUT2D eigenvalue weighted by Gasteiger charge is -2.07. The van der Waals surface area contributed by atoms with Gasteiger partial charge in [0.05, 0.1) is 11.4 Å². The van der Waals surface area contributed by atoms with Gasteiger partial charge in [-0.15, -0.1) is 0 Å². The number of halogens is 2. The zero-order chi connectivity index (χ0) is 22.1. The lowest BCUT2D eigenvalue weighted by atomic mass is 10.2. The third-order valence-electron chi connectivity index (χ3n) is 4.26. The number of nitrogens with one attached hydrogen (secondary N) is 2. The molecular weight excluding hydrogens is 462 g/mol. The van der Waals surface area contributed by atoms with E-state index in [1.165, 1.54) is 0 Å². The molecule has 1 amide bonds. The summed E-state index contributed by atoms with van der Waals surface area (Å²) in [5, 5.41) is 2.59. The molecule has 2 aromatic heterocycles. The number of aromatic nitrogens is 3. The fraction of sp³-hybridized carbons (Fsp3) is 0.100. The van der Waals surface area contributed by atoms with Crippen LogP contribution in [0.15, 0.2) is 52.4 Å². The summed E-state index contributed by atoms with van der Waals surface area (Å²) in [7, 11) is 0. The van der Waals surface area contributed by atoms with E-state index >= 15 is 0 Å². The number of benzene rings is 2. The van der Waals surface area contributed by atoms with Gasteiger partial charge >= 0.3 is 0 Å². The van der Waals surface area contributed by atoms with E-state index in [-0.39, 0.29) is 22.2 Å². The fourth-order valence-corrected chi connectivity index (χ4v) is 4.72. The van der Waals surface area contributed by atoms with Gasteiger partial charge in [-0.2, -0.15) is 0 Å². The highest BCUT2D eigenvalue weighted by Crippen LogP contribution is 2.25. The first-order valence-corrected chi connectivity index (χ1v) is 11.1. The molecule has 0 atom stereocenters. The van der Waals surface area contributed by atoms with E-state index in [0.717, 1.165) is 46.5 Å². The SMILES string of the molecule is Cc1ccc(-n2c(=S)sc3c(=O)[nH]c(SCC(=O)Nc4ccc(F)cc4F)nc32)cc1. The van der Waals surface area contributed by atoms with Crippen LogP contribution in [0.1, 0.15) is 5.56 Å². The van der Waals surface area contributed by atoms with E-state index in [0.29, 0.717) is 20.4 Å². The molecule has 2 heterocycles. The van der Waals surface area contributed by atoms with Gasteiger partial charge in [-0.1, -0.05) is 40.8 Å². The van der Waals surface area contributed by atoms with Crippen LogP contribution in [-0.4, -0.2) is 26.2 Å². The van der Waals surface area contributed by atoms with Gasteiger partial charge in [0, 0.05) is 11.8 Å². The zero-order valence-corrected chi connectivity index (χ0v) is 18.4. The molecule has 0 aliphatic rings. The van der Waals surface area contributed by atoms with E-state index in [1.807, 2.05) is 31.2 Å². The first-order valence-electron chi connectivity index (χ1n) is 8.92. The molecule has 2 N–H and O–H groups in total. The third kappa shape index (κ3) is 4.58. The number of aryl methyl sites for hydroxylation is 1. The van der Waals surface area contributed by atoms with E-state index in [9.17, 15) is 18.4 Å². The summed E-state index contributed by atoms with van der Waals surface area (Å²) in [6, 6.07) is 10.5. The van der Waals surface area contributed by atoms with Crippen molar-refractivity contribution in [1.29, 1.82) is 0 Å². The summed E-state index contributed by atoms with van der Waals surface area (Å²) in [6.45, 7) is 1.97. The molecule has 4 rings (SSSR count). The standard InChI is InChI=1S/C20H14F2N4O2S3/c1-10-2-5-12(6-3-10)26-17-16(31-20(26)29)18(28)25-19(24-17)30-9-15(27)23-14-7-4-11(21)8-13(14)22/h2-8H,9H2,1H3,(H,23,27)(H,24,25,28). The number of carbonyl (C=O) groups is 1. The second kappa shape index (κ2) is 8.69. The predicted molar refractivity (Wildman–Crippen MR) is 121 cm³/mol. The number of H-pyrrole nitrogens is 1. The van der Waals surface area contributed by atoms with Crippen LogP contribution in [-0.2, 0) is 4.79 Å². The van der Waals surface area contributed by atoms with E-state index < -0.39 is 17.5 Å². The van der Waals surface area contributed by atoms with Crippen LogP contribution >= 0.6 is 35.3 Å². The number of nitrogens with zero attached hydrogens (tertiary/aromatic N) is 2. The number of amides is 1. The Kier molecular flexibility index (Phi) is 5.99. The maximum absolute atomic E-state index is 13.7. The smallest absolute Gasteiger partial charge is 0.271 e. The Balaban J connectivity index is 1.59. The summed E-state index contributed by atoms with van der Waals surface area (Å²) in [5.74, 6) is -2.28. The van der Waals surface area contributed by atoms with Gasteiger partial charge in [0.2, 0.25) is 5.91 Å². The van der Waals surface area contributed by atoms with Crippen LogP contribution in [0.25, 0.3) is 16.0 Å². The number of hydrogen-bond donors (Lipinski definition) is 2. The largest absolute Gasteiger partial charge is 0.323 e. The highest BCUT2D eigenvalue weighted by atomic mass is 32.2. The summed E-state index contributed by atoms with van der Waals surface area (Å²) in [5.41, 5.74) is 1.77. The van der Waals surface area contributed by atoms with Crippen molar-refractivity contribution in [3.05, 3.63) is 74.0 Å². The lowest BCUT2D eigenvalue weighted by Crippen LogP contribution is -2.16. The van der Waals surface area contributed by atoms with Crippen molar-refractivity contribution in [2.24, 2.45) is 0 Å². The zero-order valence-electron chi connectivity index (χ0n) is 15.9. The van der Waals surface area contributed by atoms with Gasteiger partial charge in [-0.3, -0.25) is 14.2 Å². The second-order valence-electron chi connectivity index (χ2n) is 6.52. The number of thioether (sulfide) groups is 1. The van der Waals surface area contributed by atoms with Crippen LogP contribution < -0.4 is 10.9 Å². The van der Waals surface area contributed by atoms with Crippen LogP contribution in [0.5, 0.6) is 0 Å². The fourth-order valence-electron chi connectivity index (χ4n) is 2.79. The van der Waals surface area contributed by atoms with Crippen LogP contribution in [0.2, 0.25) is 0 Å². The Morgan fingerprint density at radius 2 is 2.00 bits per heavy atom. The molecule has 0 aliphatic heterocycles. The molecule has 0 bridgehead atoms. The Morgan fingerprint density at radius 3 is 2.71 bits per heavy atom. The summed E-state index contributed by atoms with van der Waals surface area (Å²) < 4.78 is 29.3. The molecule has 0 spiro atoms. The number of anilines is 1. The van der Waals surface area contributed by atoms with Crippen molar-refractivity contribution in [2.45, 2.75) is 12.1 Å². The summed E-state index contributed by atoms with van der Waals surface area (Å²) in [4.78, 5) is 31.8. The predicted octanol–water partition coefficient (Wildman–Crippen LogP) is 4.82. The number of fused-ring (bicyclic) bond motifs is 1. The highest BCUT2D eigenvalue weighted by Gasteiger charge is 2.15. The number of rotatable bonds is 5. The van der Waals surface area contributed by atoms with Crippen molar-refractivity contribution < 1.29 is 13.6 Å². The van der Waals surface area contributed by atoms with Gasteiger partial charge in [0.1, 0.15) is 16.3 Å². The van der Waals surface area contributed by atoms with Crippen LogP contribution in [0.3, 0.4) is 0 Å². The van der Waals surface area contributed by atoms with Crippen molar-refractivity contribution in [3.63, 3.8) is 0 Å². The minimum absolute atomic E-state index is 0.130. The average Bonchev–Trinajstić information content (AvgIpc) is 3.06. The molecule has 0 radical (unpaired) electrons. The average molecular weight is 477 g/mol. The van der Waals surface area contributed by atoms with Gasteiger partial charge < -0.3 is 10.3 Å². The maximum Gasteiger partial charge on any atom is 0.271 e. The third-order valence-corrected chi connectivity index (χ3v) is 6.49. The first-order chi connectivity index (χ1) is 14.8. The topological polar surface area (TPSA) is 79.8 Å².